The van der Waals surface area contributed by atoms with Crippen molar-refractivity contribution >= 4 is 17.3 Å². The number of carbonyl (C=O) groups is 1. The summed E-state index contributed by atoms with van der Waals surface area (Å²) in [6, 6.07) is 11.6. The van der Waals surface area contributed by atoms with Gasteiger partial charge in [0.25, 0.3) is 0 Å². The van der Waals surface area contributed by atoms with Crippen LogP contribution in [0.2, 0.25) is 0 Å². The van der Waals surface area contributed by atoms with Gasteiger partial charge >= 0.3 is 6.18 Å². The molecule has 0 unspecified atom stereocenters. The highest BCUT2D eigenvalue weighted by molar-refractivity contribution is 5.91. The molecular formula is C17H17F3N2O2. The number of benzene rings is 2. The first kappa shape index (κ1) is 17.8. The standard InChI is InChI=1S/C17H17F3N2O2/c1-11(12-5-7-13(8-6-12)17(18,19)20)21-14-3-2-4-15(9-14)22-16(24)10-23/h2-9,11,21,23H,10H2,1H3,(H,22,24)/t11-/m0/s1. The lowest BCUT2D eigenvalue weighted by Gasteiger charge is -2.17. The lowest BCUT2D eigenvalue weighted by Crippen LogP contribution is -2.15. The fourth-order valence-corrected chi connectivity index (χ4v) is 2.18. The van der Waals surface area contributed by atoms with Crippen LogP contribution in [0.1, 0.15) is 24.1 Å². The van der Waals surface area contributed by atoms with E-state index in [1.54, 1.807) is 24.3 Å². The first-order chi connectivity index (χ1) is 11.3. The minimum absolute atomic E-state index is 0.226. The van der Waals surface area contributed by atoms with Gasteiger partial charge in [0.05, 0.1) is 5.56 Å². The SMILES string of the molecule is C[C@H](Nc1cccc(NC(=O)CO)c1)c1ccc(C(F)(F)F)cc1. The Hall–Kier alpha value is -2.54. The molecule has 1 amide bonds. The zero-order chi connectivity index (χ0) is 17.7. The highest BCUT2D eigenvalue weighted by Gasteiger charge is 2.30. The van der Waals surface area contributed by atoms with Crippen molar-refractivity contribution in [3.63, 3.8) is 0 Å². The number of carbonyl (C=O) groups excluding carboxylic acids is 1. The summed E-state index contributed by atoms with van der Waals surface area (Å²) < 4.78 is 37.7. The molecule has 7 heteroatoms. The van der Waals surface area contributed by atoms with Crippen LogP contribution in [-0.2, 0) is 11.0 Å². The first-order valence-electron chi connectivity index (χ1n) is 7.24. The largest absolute Gasteiger partial charge is 0.416 e. The van der Waals surface area contributed by atoms with Crippen molar-refractivity contribution in [1.82, 2.24) is 0 Å². The van der Waals surface area contributed by atoms with Crippen LogP contribution in [0.25, 0.3) is 0 Å². The molecule has 3 N–H and O–H groups in total. The van der Waals surface area contributed by atoms with Crippen LogP contribution in [-0.4, -0.2) is 17.6 Å². The topological polar surface area (TPSA) is 61.4 Å². The molecule has 0 bridgehead atoms. The normalized spacial score (nSPS) is 12.5. The van der Waals surface area contributed by atoms with Gasteiger partial charge in [0.2, 0.25) is 5.91 Å². The molecule has 1 atom stereocenters. The number of anilines is 2. The van der Waals surface area contributed by atoms with E-state index < -0.39 is 24.3 Å². The minimum atomic E-state index is -4.35. The second-order valence-corrected chi connectivity index (χ2v) is 5.27. The van der Waals surface area contributed by atoms with Crippen molar-refractivity contribution in [2.75, 3.05) is 17.2 Å². The fraction of sp³-hybridized carbons (Fsp3) is 0.235. The Morgan fingerprint density at radius 3 is 2.33 bits per heavy atom. The Bertz CT molecular complexity index is 700. The molecule has 4 nitrogen and oxygen atoms in total. The van der Waals surface area contributed by atoms with Gasteiger partial charge in [-0.15, -0.1) is 0 Å². The molecule has 0 spiro atoms. The van der Waals surface area contributed by atoms with E-state index in [4.69, 9.17) is 5.11 Å². The summed E-state index contributed by atoms with van der Waals surface area (Å²) in [5.74, 6) is -0.525. The molecule has 0 saturated heterocycles. The van der Waals surface area contributed by atoms with E-state index in [9.17, 15) is 18.0 Å². The van der Waals surface area contributed by atoms with Gasteiger partial charge in [0.1, 0.15) is 6.61 Å². The van der Waals surface area contributed by atoms with Gasteiger partial charge in [-0.2, -0.15) is 13.2 Å². The summed E-state index contributed by atoms with van der Waals surface area (Å²) in [4.78, 5) is 11.2. The van der Waals surface area contributed by atoms with E-state index in [-0.39, 0.29) is 6.04 Å². The summed E-state index contributed by atoms with van der Waals surface area (Å²) in [6.45, 7) is 1.21. The second-order valence-electron chi connectivity index (χ2n) is 5.27. The van der Waals surface area contributed by atoms with Crippen LogP contribution in [0.3, 0.4) is 0 Å². The lowest BCUT2D eigenvalue weighted by molar-refractivity contribution is -0.137. The number of rotatable bonds is 5. The van der Waals surface area contributed by atoms with E-state index in [2.05, 4.69) is 10.6 Å². The number of aliphatic hydroxyl groups is 1. The van der Waals surface area contributed by atoms with Gasteiger partial charge in [-0.25, -0.2) is 0 Å². The van der Waals surface area contributed by atoms with E-state index in [0.717, 1.165) is 12.1 Å². The average molecular weight is 338 g/mol. The van der Waals surface area contributed by atoms with E-state index in [0.29, 0.717) is 16.9 Å². The Labute approximate surface area is 137 Å². The number of hydrogen-bond donors (Lipinski definition) is 3. The van der Waals surface area contributed by atoms with E-state index in [1.165, 1.54) is 12.1 Å². The number of aliphatic hydroxyl groups excluding tert-OH is 1. The fourth-order valence-electron chi connectivity index (χ4n) is 2.18. The quantitative estimate of drug-likeness (QED) is 0.777. The summed E-state index contributed by atoms with van der Waals surface area (Å²) >= 11 is 0. The van der Waals surface area contributed by atoms with Crippen molar-refractivity contribution in [2.24, 2.45) is 0 Å². The smallest absolute Gasteiger partial charge is 0.387 e. The molecule has 2 rings (SSSR count). The summed E-state index contributed by atoms with van der Waals surface area (Å²) in [7, 11) is 0. The van der Waals surface area contributed by atoms with Gasteiger partial charge < -0.3 is 15.7 Å². The van der Waals surface area contributed by atoms with Gasteiger partial charge in [0.15, 0.2) is 0 Å². The van der Waals surface area contributed by atoms with Crippen molar-refractivity contribution in [3.8, 4) is 0 Å². The minimum Gasteiger partial charge on any atom is -0.387 e. The molecule has 0 saturated carbocycles. The summed E-state index contributed by atoms with van der Waals surface area (Å²) in [5, 5.41) is 14.4. The molecule has 0 aliphatic heterocycles. The predicted molar refractivity (Wildman–Crippen MR) is 85.6 cm³/mol. The Balaban J connectivity index is 2.08. The number of hydrogen-bond acceptors (Lipinski definition) is 3. The first-order valence-corrected chi connectivity index (χ1v) is 7.24. The van der Waals surface area contributed by atoms with E-state index in [1.807, 2.05) is 6.92 Å². The van der Waals surface area contributed by atoms with Crippen LogP contribution in [0.5, 0.6) is 0 Å². The Kier molecular flexibility index (Phi) is 5.46. The summed E-state index contributed by atoms with van der Waals surface area (Å²) in [6.07, 6.45) is -4.35. The monoisotopic (exact) mass is 338 g/mol. The third kappa shape index (κ3) is 4.73. The highest BCUT2D eigenvalue weighted by atomic mass is 19.4. The molecule has 0 aromatic heterocycles. The van der Waals surface area contributed by atoms with Gasteiger partial charge in [-0.1, -0.05) is 18.2 Å². The zero-order valence-corrected chi connectivity index (χ0v) is 12.9. The van der Waals surface area contributed by atoms with Crippen molar-refractivity contribution in [2.45, 2.75) is 19.1 Å². The second kappa shape index (κ2) is 7.35. The van der Waals surface area contributed by atoms with Crippen LogP contribution < -0.4 is 10.6 Å². The number of halogens is 3. The van der Waals surface area contributed by atoms with Crippen LogP contribution >= 0.6 is 0 Å². The average Bonchev–Trinajstić information content (AvgIpc) is 2.54. The molecule has 0 aliphatic rings. The molecule has 0 radical (unpaired) electrons. The Morgan fingerprint density at radius 2 is 1.75 bits per heavy atom. The highest BCUT2D eigenvalue weighted by Crippen LogP contribution is 2.30. The van der Waals surface area contributed by atoms with Crippen LogP contribution in [0, 0.1) is 0 Å². The number of nitrogens with one attached hydrogen (secondary N) is 2. The molecule has 0 aliphatic carbocycles. The molecule has 2 aromatic rings. The van der Waals surface area contributed by atoms with Crippen molar-refractivity contribution in [1.29, 1.82) is 0 Å². The van der Waals surface area contributed by atoms with Gasteiger partial charge in [-0.05, 0) is 42.8 Å². The summed E-state index contributed by atoms with van der Waals surface area (Å²) in [5.41, 5.74) is 1.22. The molecule has 2 aromatic carbocycles. The maximum atomic E-state index is 12.6. The molecule has 0 heterocycles. The van der Waals surface area contributed by atoms with Gasteiger partial charge in [0, 0.05) is 17.4 Å². The third-order valence-electron chi connectivity index (χ3n) is 3.41. The number of alkyl halides is 3. The lowest BCUT2D eigenvalue weighted by atomic mass is 10.1. The molecule has 24 heavy (non-hydrogen) atoms. The van der Waals surface area contributed by atoms with Crippen molar-refractivity contribution < 1.29 is 23.1 Å². The molecule has 0 fully saturated rings. The van der Waals surface area contributed by atoms with Crippen LogP contribution in [0.15, 0.2) is 48.5 Å². The molecule has 128 valence electrons. The van der Waals surface area contributed by atoms with Crippen molar-refractivity contribution in [3.05, 3.63) is 59.7 Å². The Morgan fingerprint density at radius 1 is 1.12 bits per heavy atom. The maximum absolute atomic E-state index is 12.6. The number of amides is 1. The molecular weight excluding hydrogens is 321 g/mol. The van der Waals surface area contributed by atoms with E-state index >= 15 is 0 Å². The van der Waals surface area contributed by atoms with Gasteiger partial charge in [-0.3, -0.25) is 4.79 Å². The van der Waals surface area contributed by atoms with Crippen LogP contribution in [0.4, 0.5) is 24.5 Å². The maximum Gasteiger partial charge on any atom is 0.416 e. The zero-order valence-electron chi connectivity index (χ0n) is 12.9. The predicted octanol–water partition coefficient (Wildman–Crippen LogP) is 3.81. The third-order valence-corrected chi connectivity index (χ3v) is 3.41.